The molecule has 18 heavy (non-hydrogen) atoms. The van der Waals surface area contributed by atoms with Gasteiger partial charge in [0.25, 0.3) is 0 Å². The van der Waals surface area contributed by atoms with Gasteiger partial charge in [0.1, 0.15) is 0 Å². The normalized spacial score (nSPS) is 17.4. The number of carbonyl (C=O) groups is 1. The molecule has 0 bridgehead atoms. The fourth-order valence-electron chi connectivity index (χ4n) is 2.66. The lowest BCUT2D eigenvalue weighted by Gasteiger charge is -2.21. The molecule has 0 heterocycles. The van der Waals surface area contributed by atoms with Gasteiger partial charge in [-0.1, -0.05) is 12.8 Å². The molecule has 3 nitrogen and oxygen atoms in total. The average molecular weight is 247 g/mol. The van der Waals surface area contributed by atoms with E-state index in [0.717, 1.165) is 11.6 Å². The summed E-state index contributed by atoms with van der Waals surface area (Å²) in [5.74, 6) is 0.496. The highest BCUT2D eigenvalue weighted by Gasteiger charge is 2.21. The van der Waals surface area contributed by atoms with Crippen molar-refractivity contribution in [3.8, 4) is 0 Å². The van der Waals surface area contributed by atoms with E-state index in [1.165, 1.54) is 32.8 Å². The summed E-state index contributed by atoms with van der Waals surface area (Å²) < 4.78 is 4.68. The van der Waals surface area contributed by atoms with Crippen LogP contribution in [0.2, 0.25) is 0 Å². The first-order chi connectivity index (χ1) is 8.70. The Kier molecular flexibility index (Phi) is 4.24. The van der Waals surface area contributed by atoms with E-state index in [9.17, 15) is 4.79 Å². The Balaban J connectivity index is 1.95. The predicted molar refractivity (Wildman–Crippen MR) is 72.8 cm³/mol. The highest BCUT2D eigenvalue weighted by Crippen LogP contribution is 2.29. The number of carbonyl (C=O) groups excluding carboxylic acids is 1. The summed E-state index contributed by atoms with van der Waals surface area (Å²) in [5, 5.41) is 3.52. The fourth-order valence-corrected chi connectivity index (χ4v) is 2.66. The molecule has 0 amide bonds. The molecular weight excluding hydrogens is 226 g/mol. The molecule has 1 atom stereocenters. The van der Waals surface area contributed by atoms with Gasteiger partial charge in [-0.15, -0.1) is 0 Å². The predicted octanol–water partition coefficient (Wildman–Crippen LogP) is 3.46. The lowest BCUT2D eigenvalue weighted by molar-refractivity contribution is 0.0601. The Labute approximate surface area is 109 Å². The maximum atomic E-state index is 11.3. The quantitative estimate of drug-likeness (QED) is 0.828. The van der Waals surface area contributed by atoms with E-state index in [1.807, 2.05) is 12.1 Å². The molecule has 1 aliphatic carbocycles. The van der Waals surface area contributed by atoms with Crippen molar-refractivity contribution in [2.24, 2.45) is 5.92 Å². The van der Waals surface area contributed by atoms with Crippen LogP contribution in [0.5, 0.6) is 0 Å². The molecule has 1 aromatic rings. The second-order valence-electron chi connectivity index (χ2n) is 5.05. The summed E-state index contributed by atoms with van der Waals surface area (Å²) in [6.07, 6.45) is 5.37. The fraction of sp³-hybridized carbons (Fsp3) is 0.533. The van der Waals surface area contributed by atoms with E-state index in [-0.39, 0.29) is 5.97 Å². The molecule has 1 aliphatic rings. The molecule has 1 N–H and O–H groups in total. The zero-order valence-electron chi connectivity index (χ0n) is 11.1. The average Bonchev–Trinajstić information content (AvgIpc) is 2.92. The van der Waals surface area contributed by atoms with Gasteiger partial charge in [0, 0.05) is 11.7 Å². The van der Waals surface area contributed by atoms with Crippen LogP contribution < -0.4 is 5.32 Å². The van der Waals surface area contributed by atoms with Crippen molar-refractivity contribution in [2.45, 2.75) is 38.6 Å². The van der Waals surface area contributed by atoms with Crippen molar-refractivity contribution in [3.63, 3.8) is 0 Å². The summed E-state index contributed by atoms with van der Waals surface area (Å²) in [4.78, 5) is 11.3. The summed E-state index contributed by atoms with van der Waals surface area (Å²) in [6, 6.07) is 7.98. The highest BCUT2D eigenvalue weighted by molar-refractivity contribution is 5.89. The number of esters is 1. The van der Waals surface area contributed by atoms with Gasteiger partial charge in [-0.3, -0.25) is 0 Å². The van der Waals surface area contributed by atoms with Crippen LogP contribution in [0.1, 0.15) is 43.0 Å². The number of methoxy groups -OCH3 is 1. The Morgan fingerprint density at radius 1 is 1.28 bits per heavy atom. The van der Waals surface area contributed by atoms with Crippen LogP contribution in [0.15, 0.2) is 24.3 Å². The Hall–Kier alpha value is -1.51. The molecule has 1 aromatic carbocycles. The smallest absolute Gasteiger partial charge is 0.337 e. The summed E-state index contributed by atoms with van der Waals surface area (Å²) in [6.45, 7) is 2.24. The van der Waals surface area contributed by atoms with Crippen LogP contribution in [0, 0.1) is 5.92 Å². The van der Waals surface area contributed by atoms with E-state index in [0.29, 0.717) is 11.6 Å². The maximum absolute atomic E-state index is 11.3. The lowest BCUT2D eigenvalue weighted by Crippen LogP contribution is -2.23. The first kappa shape index (κ1) is 12.9. The molecule has 1 saturated carbocycles. The number of anilines is 1. The Morgan fingerprint density at radius 3 is 2.44 bits per heavy atom. The minimum atomic E-state index is -0.287. The molecule has 3 heteroatoms. The number of ether oxygens (including phenoxy) is 1. The van der Waals surface area contributed by atoms with E-state index in [2.05, 4.69) is 17.0 Å². The largest absolute Gasteiger partial charge is 0.465 e. The maximum Gasteiger partial charge on any atom is 0.337 e. The van der Waals surface area contributed by atoms with Crippen molar-refractivity contribution in [1.29, 1.82) is 0 Å². The molecule has 98 valence electrons. The van der Waals surface area contributed by atoms with Gasteiger partial charge in [-0.25, -0.2) is 4.79 Å². The van der Waals surface area contributed by atoms with Crippen LogP contribution >= 0.6 is 0 Å². The number of hydrogen-bond donors (Lipinski definition) is 1. The third kappa shape index (κ3) is 3.03. The van der Waals surface area contributed by atoms with Gasteiger partial charge in [-0.05, 0) is 49.9 Å². The second kappa shape index (κ2) is 5.89. The highest BCUT2D eigenvalue weighted by atomic mass is 16.5. The van der Waals surface area contributed by atoms with Gasteiger partial charge < -0.3 is 10.1 Å². The van der Waals surface area contributed by atoms with Gasteiger partial charge in [0.15, 0.2) is 0 Å². The molecular formula is C15H21NO2. The number of nitrogens with one attached hydrogen (secondary N) is 1. The standard InChI is InChI=1S/C15H21NO2/c1-11(12-5-3-4-6-12)16-14-9-7-13(8-10-14)15(17)18-2/h7-12,16H,3-6H2,1-2H3. The van der Waals surface area contributed by atoms with Gasteiger partial charge in [0.2, 0.25) is 0 Å². The summed E-state index contributed by atoms with van der Waals surface area (Å²) >= 11 is 0. The topological polar surface area (TPSA) is 38.3 Å². The van der Waals surface area contributed by atoms with E-state index < -0.39 is 0 Å². The van der Waals surface area contributed by atoms with Crippen LogP contribution in [0.3, 0.4) is 0 Å². The zero-order valence-corrected chi connectivity index (χ0v) is 11.1. The SMILES string of the molecule is COC(=O)c1ccc(NC(C)C2CCCC2)cc1. The van der Waals surface area contributed by atoms with E-state index in [1.54, 1.807) is 12.1 Å². The number of benzene rings is 1. The van der Waals surface area contributed by atoms with Gasteiger partial charge >= 0.3 is 5.97 Å². The summed E-state index contributed by atoms with van der Waals surface area (Å²) in [5.41, 5.74) is 1.67. The minimum absolute atomic E-state index is 0.287. The van der Waals surface area contributed by atoms with Crippen LogP contribution in [0.4, 0.5) is 5.69 Å². The Morgan fingerprint density at radius 2 is 1.89 bits per heavy atom. The lowest BCUT2D eigenvalue weighted by atomic mass is 9.99. The van der Waals surface area contributed by atoms with Gasteiger partial charge in [0.05, 0.1) is 12.7 Å². The van der Waals surface area contributed by atoms with Gasteiger partial charge in [-0.2, -0.15) is 0 Å². The zero-order chi connectivity index (χ0) is 13.0. The third-order valence-corrected chi connectivity index (χ3v) is 3.81. The number of hydrogen-bond acceptors (Lipinski definition) is 3. The molecule has 2 rings (SSSR count). The van der Waals surface area contributed by atoms with Crippen molar-refractivity contribution in [2.75, 3.05) is 12.4 Å². The molecule has 0 spiro atoms. The van der Waals surface area contributed by atoms with E-state index >= 15 is 0 Å². The molecule has 1 unspecified atom stereocenters. The summed E-state index contributed by atoms with van der Waals surface area (Å²) in [7, 11) is 1.40. The first-order valence-electron chi connectivity index (χ1n) is 6.65. The Bertz CT molecular complexity index is 393. The third-order valence-electron chi connectivity index (χ3n) is 3.81. The monoisotopic (exact) mass is 247 g/mol. The number of rotatable bonds is 4. The molecule has 0 aromatic heterocycles. The van der Waals surface area contributed by atoms with Crippen LogP contribution in [-0.4, -0.2) is 19.1 Å². The van der Waals surface area contributed by atoms with E-state index in [4.69, 9.17) is 0 Å². The van der Waals surface area contributed by atoms with Crippen molar-refractivity contribution < 1.29 is 9.53 Å². The van der Waals surface area contributed by atoms with Crippen LogP contribution in [0.25, 0.3) is 0 Å². The van der Waals surface area contributed by atoms with Crippen molar-refractivity contribution >= 4 is 11.7 Å². The molecule has 1 fully saturated rings. The first-order valence-corrected chi connectivity index (χ1v) is 6.65. The van der Waals surface area contributed by atoms with Crippen molar-refractivity contribution in [3.05, 3.63) is 29.8 Å². The molecule has 0 saturated heterocycles. The second-order valence-corrected chi connectivity index (χ2v) is 5.05. The molecule has 0 aliphatic heterocycles. The molecule has 0 radical (unpaired) electrons. The van der Waals surface area contributed by atoms with Crippen molar-refractivity contribution in [1.82, 2.24) is 0 Å². The van der Waals surface area contributed by atoms with Crippen LogP contribution in [-0.2, 0) is 4.74 Å². The minimum Gasteiger partial charge on any atom is -0.465 e.